The van der Waals surface area contributed by atoms with E-state index in [1.165, 1.54) is 77.2 Å². The first-order chi connectivity index (χ1) is 14.7. The fourth-order valence-electron chi connectivity index (χ4n) is 3.82. The molecular formula is C26H53NO3. The average molecular weight is 428 g/mol. The minimum atomic E-state index is -0.0164. The molecule has 0 atom stereocenters. The van der Waals surface area contributed by atoms with E-state index in [1.54, 1.807) is 0 Å². The molecule has 0 spiro atoms. The molecule has 4 heteroatoms. The second-order valence-electron chi connectivity index (χ2n) is 8.84. The van der Waals surface area contributed by atoms with Crippen LogP contribution in [0.4, 0.5) is 0 Å². The summed E-state index contributed by atoms with van der Waals surface area (Å²) in [6.07, 6.45) is 21.1. The maximum Gasteiger partial charge on any atom is 0.305 e. The van der Waals surface area contributed by atoms with Gasteiger partial charge in [-0.2, -0.15) is 0 Å². The molecule has 0 rings (SSSR count). The fourth-order valence-corrected chi connectivity index (χ4v) is 3.82. The lowest BCUT2D eigenvalue weighted by Crippen LogP contribution is -2.27. The van der Waals surface area contributed by atoms with Gasteiger partial charge in [-0.25, -0.2) is 0 Å². The highest BCUT2D eigenvalue weighted by atomic mass is 16.5. The van der Waals surface area contributed by atoms with Crippen molar-refractivity contribution < 1.29 is 14.6 Å². The molecule has 0 bridgehead atoms. The van der Waals surface area contributed by atoms with Gasteiger partial charge in [0.1, 0.15) is 0 Å². The largest absolute Gasteiger partial charge is 0.466 e. The second kappa shape index (κ2) is 24.7. The molecule has 180 valence electrons. The predicted octanol–water partition coefficient (Wildman–Crippen LogP) is 6.89. The first-order valence-corrected chi connectivity index (χ1v) is 13.2. The van der Waals surface area contributed by atoms with Crippen molar-refractivity contribution in [2.45, 2.75) is 129 Å². The van der Waals surface area contributed by atoms with Crippen LogP contribution in [0.5, 0.6) is 0 Å². The van der Waals surface area contributed by atoms with E-state index in [4.69, 9.17) is 9.84 Å². The van der Waals surface area contributed by atoms with E-state index in [9.17, 15) is 4.79 Å². The summed E-state index contributed by atoms with van der Waals surface area (Å²) in [5.74, 6) is -0.0164. The van der Waals surface area contributed by atoms with E-state index in [-0.39, 0.29) is 5.97 Å². The van der Waals surface area contributed by atoms with E-state index in [0.29, 0.717) is 19.6 Å². The lowest BCUT2D eigenvalue weighted by atomic mass is 10.1. The van der Waals surface area contributed by atoms with Crippen molar-refractivity contribution in [2.24, 2.45) is 0 Å². The number of esters is 1. The van der Waals surface area contributed by atoms with Gasteiger partial charge in [0.05, 0.1) is 6.61 Å². The van der Waals surface area contributed by atoms with Crippen LogP contribution >= 0.6 is 0 Å². The molecule has 0 radical (unpaired) electrons. The molecule has 0 aliphatic rings. The average Bonchev–Trinajstić information content (AvgIpc) is 2.75. The van der Waals surface area contributed by atoms with Crippen LogP contribution < -0.4 is 0 Å². The molecule has 0 saturated heterocycles. The number of nitrogens with zero attached hydrogens (tertiary/aromatic N) is 1. The Kier molecular flexibility index (Phi) is 24.2. The van der Waals surface area contributed by atoms with Gasteiger partial charge in [-0.05, 0) is 58.2 Å². The molecule has 0 aromatic carbocycles. The Hall–Kier alpha value is -0.610. The summed E-state index contributed by atoms with van der Waals surface area (Å²) in [7, 11) is 0. The number of rotatable bonds is 24. The number of hydrogen-bond acceptors (Lipinski definition) is 4. The maximum atomic E-state index is 11.9. The highest BCUT2D eigenvalue weighted by Crippen LogP contribution is 2.10. The third-order valence-electron chi connectivity index (χ3n) is 5.83. The number of aliphatic hydroxyl groups is 1. The third kappa shape index (κ3) is 22.1. The number of carbonyl (C=O) groups excluding carboxylic acids is 1. The predicted molar refractivity (Wildman–Crippen MR) is 129 cm³/mol. The molecule has 0 amide bonds. The van der Waals surface area contributed by atoms with E-state index in [2.05, 4.69) is 18.7 Å². The van der Waals surface area contributed by atoms with Crippen LogP contribution in [0.3, 0.4) is 0 Å². The normalized spacial score (nSPS) is 11.3. The molecule has 0 aromatic heterocycles. The van der Waals surface area contributed by atoms with Crippen molar-refractivity contribution in [2.75, 3.05) is 32.8 Å². The monoisotopic (exact) mass is 427 g/mol. The van der Waals surface area contributed by atoms with Gasteiger partial charge in [0.15, 0.2) is 0 Å². The number of carbonyl (C=O) groups is 1. The Morgan fingerprint density at radius 2 is 1.10 bits per heavy atom. The fraction of sp³-hybridized carbons (Fsp3) is 0.962. The highest BCUT2D eigenvalue weighted by molar-refractivity contribution is 5.69. The van der Waals surface area contributed by atoms with Crippen LogP contribution in [0.1, 0.15) is 129 Å². The van der Waals surface area contributed by atoms with Gasteiger partial charge < -0.3 is 14.7 Å². The van der Waals surface area contributed by atoms with Crippen molar-refractivity contribution in [3.8, 4) is 0 Å². The molecule has 4 nitrogen and oxygen atoms in total. The topological polar surface area (TPSA) is 49.8 Å². The summed E-state index contributed by atoms with van der Waals surface area (Å²) < 4.78 is 5.38. The summed E-state index contributed by atoms with van der Waals surface area (Å²) in [5.41, 5.74) is 0. The lowest BCUT2D eigenvalue weighted by molar-refractivity contribution is -0.143. The van der Waals surface area contributed by atoms with Gasteiger partial charge in [-0.1, -0.05) is 84.5 Å². The van der Waals surface area contributed by atoms with Crippen molar-refractivity contribution >= 4 is 5.97 Å². The zero-order valence-corrected chi connectivity index (χ0v) is 20.5. The van der Waals surface area contributed by atoms with E-state index in [1.807, 2.05) is 0 Å². The van der Waals surface area contributed by atoms with Gasteiger partial charge in [0.25, 0.3) is 0 Å². The van der Waals surface area contributed by atoms with Crippen molar-refractivity contribution in [1.29, 1.82) is 0 Å². The lowest BCUT2D eigenvalue weighted by Gasteiger charge is -2.22. The summed E-state index contributed by atoms with van der Waals surface area (Å²) in [4.78, 5) is 14.4. The van der Waals surface area contributed by atoms with Crippen LogP contribution in [0.15, 0.2) is 0 Å². The SMILES string of the molecule is CCCCCCCCCCOC(=O)CCCCCN(CCCCO)CCCCCC. The minimum Gasteiger partial charge on any atom is -0.466 e. The Balaban J connectivity index is 3.60. The molecule has 0 aliphatic carbocycles. The Morgan fingerprint density at radius 1 is 0.633 bits per heavy atom. The van der Waals surface area contributed by atoms with Crippen LogP contribution in [-0.2, 0) is 9.53 Å². The summed E-state index contributed by atoms with van der Waals surface area (Å²) >= 11 is 0. The number of ether oxygens (including phenoxy) is 1. The summed E-state index contributed by atoms with van der Waals surface area (Å²) in [6.45, 7) is 8.78. The van der Waals surface area contributed by atoms with E-state index < -0.39 is 0 Å². The van der Waals surface area contributed by atoms with Crippen LogP contribution in [-0.4, -0.2) is 48.8 Å². The number of aliphatic hydroxyl groups excluding tert-OH is 1. The number of unbranched alkanes of at least 4 members (excludes halogenated alkanes) is 13. The molecule has 0 unspecified atom stereocenters. The summed E-state index contributed by atoms with van der Waals surface area (Å²) in [5, 5.41) is 9.00. The van der Waals surface area contributed by atoms with Gasteiger partial charge in [0, 0.05) is 13.0 Å². The van der Waals surface area contributed by atoms with Crippen molar-refractivity contribution in [3.63, 3.8) is 0 Å². The van der Waals surface area contributed by atoms with Crippen molar-refractivity contribution in [1.82, 2.24) is 4.90 Å². The van der Waals surface area contributed by atoms with E-state index in [0.717, 1.165) is 51.6 Å². The van der Waals surface area contributed by atoms with Gasteiger partial charge in [0.2, 0.25) is 0 Å². The second-order valence-corrected chi connectivity index (χ2v) is 8.84. The van der Waals surface area contributed by atoms with Crippen LogP contribution in [0, 0.1) is 0 Å². The summed E-state index contributed by atoms with van der Waals surface area (Å²) in [6, 6.07) is 0. The van der Waals surface area contributed by atoms with Gasteiger partial charge in [-0.15, -0.1) is 0 Å². The highest BCUT2D eigenvalue weighted by Gasteiger charge is 2.06. The standard InChI is InChI=1S/C26H53NO3/c1-3-5-7-9-10-11-12-19-25-30-26(29)20-14-13-16-22-27(23-17-18-24-28)21-15-8-6-4-2/h28H,3-25H2,1-2H3. The number of hydrogen-bond donors (Lipinski definition) is 1. The third-order valence-corrected chi connectivity index (χ3v) is 5.83. The van der Waals surface area contributed by atoms with E-state index >= 15 is 0 Å². The Bertz CT molecular complexity index is 349. The molecule has 0 heterocycles. The minimum absolute atomic E-state index is 0.0164. The molecule has 0 fully saturated rings. The van der Waals surface area contributed by atoms with Gasteiger partial charge in [-0.3, -0.25) is 4.79 Å². The Labute approximate surface area is 188 Å². The molecular weight excluding hydrogens is 374 g/mol. The first-order valence-electron chi connectivity index (χ1n) is 13.2. The zero-order valence-electron chi connectivity index (χ0n) is 20.5. The molecule has 0 saturated carbocycles. The maximum absolute atomic E-state index is 11.9. The first kappa shape index (κ1) is 29.4. The molecule has 30 heavy (non-hydrogen) atoms. The molecule has 0 aliphatic heterocycles. The molecule has 1 N–H and O–H groups in total. The molecule has 0 aromatic rings. The van der Waals surface area contributed by atoms with Crippen LogP contribution in [0.2, 0.25) is 0 Å². The van der Waals surface area contributed by atoms with Crippen molar-refractivity contribution in [3.05, 3.63) is 0 Å². The smallest absolute Gasteiger partial charge is 0.305 e. The van der Waals surface area contributed by atoms with Gasteiger partial charge >= 0.3 is 5.97 Å². The Morgan fingerprint density at radius 3 is 1.67 bits per heavy atom. The van der Waals surface area contributed by atoms with Crippen LogP contribution in [0.25, 0.3) is 0 Å². The quantitative estimate of drug-likeness (QED) is 0.135. The zero-order chi connectivity index (χ0) is 22.1.